The van der Waals surface area contributed by atoms with Crippen molar-refractivity contribution in [2.24, 2.45) is 17.6 Å². The summed E-state index contributed by atoms with van der Waals surface area (Å²) in [5.41, 5.74) is 7.34. The first-order valence-electron chi connectivity index (χ1n) is 8.64. The largest absolute Gasteiger partial charge is 0.355 e. The van der Waals surface area contributed by atoms with Crippen LogP contribution in [0.3, 0.4) is 0 Å². The van der Waals surface area contributed by atoms with E-state index in [1.54, 1.807) is 18.5 Å². The van der Waals surface area contributed by atoms with Gasteiger partial charge in [-0.1, -0.05) is 11.6 Å². The highest BCUT2D eigenvalue weighted by Gasteiger charge is 2.40. The summed E-state index contributed by atoms with van der Waals surface area (Å²) in [6.45, 7) is 0. The molecule has 2 atom stereocenters. The highest BCUT2D eigenvalue weighted by molar-refractivity contribution is 5.93. The molecule has 2 aliphatic carbocycles. The molecule has 26 heavy (non-hydrogen) atoms. The fraction of sp³-hybridized carbons (Fsp3) is 0.500. The number of carbonyl (C=O) groups excluding carboxylic acids is 1. The topological polar surface area (TPSA) is 94.0 Å². The maximum absolute atomic E-state index is 12.6. The van der Waals surface area contributed by atoms with Crippen molar-refractivity contribution in [3.8, 4) is 11.3 Å². The molecule has 2 aliphatic rings. The fourth-order valence-electron chi connectivity index (χ4n) is 4.28. The van der Waals surface area contributed by atoms with Gasteiger partial charge in [-0.25, -0.2) is 0 Å². The van der Waals surface area contributed by atoms with Gasteiger partial charge in [-0.15, -0.1) is 24.8 Å². The molecule has 4 rings (SSSR count). The van der Waals surface area contributed by atoms with Crippen LogP contribution in [-0.4, -0.2) is 28.1 Å². The number of halogens is 2. The molecule has 1 amide bonds. The van der Waals surface area contributed by atoms with E-state index in [0.29, 0.717) is 23.3 Å². The third kappa shape index (κ3) is 4.19. The number of hydrogen-bond acceptors (Lipinski definition) is 5. The van der Waals surface area contributed by atoms with Crippen molar-refractivity contribution in [3.63, 3.8) is 0 Å². The van der Waals surface area contributed by atoms with Gasteiger partial charge in [0.2, 0.25) is 0 Å². The summed E-state index contributed by atoms with van der Waals surface area (Å²) in [6.07, 6.45) is 8.91. The molecule has 2 bridgehead atoms. The number of nitrogens with two attached hydrogens (primary N) is 1. The predicted molar refractivity (Wildman–Crippen MR) is 104 cm³/mol. The van der Waals surface area contributed by atoms with Crippen LogP contribution in [-0.2, 0) is 0 Å². The highest BCUT2D eigenvalue weighted by atomic mass is 35.5. The van der Waals surface area contributed by atoms with Crippen LogP contribution in [0, 0.1) is 11.8 Å². The molecule has 0 saturated heterocycles. The maximum Gasteiger partial charge on any atom is 0.273 e. The van der Waals surface area contributed by atoms with E-state index in [4.69, 9.17) is 10.3 Å². The summed E-state index contributed by atoms with van der Waals surface area (Å²) in [7, 11) is 0. The first kappa shape index (κ1) is 20.7. The third-order valence-corrected chi connectivity index (χ3v) is 5.38. The van der Waals surface area contributed by atoms with Gasteiger partial charge in [0.25, 0.3) is 5.91 Å². The highest BCUT2D eigenvalue weighted by Crippen LogP contribution is 2.39. The number of aromatic nitrogens is 2. The minimum Gasteiger partial charge on any atom is -0.355 e. The lowest BCUT2D eigenvalue weighted by molar-refractivity contribution is 0.0748. The molecule has 2 aromatic rings. The van der Waals surface area contributed by atoms with Crippen molar-refractivity contribution in [3.05, 3.63) is 36.3 Å². The van der Waals surface area contributed by atoms with Crippen LogP contribution >= 0.6 is 24.8 Å². The van der Waals surface area contributed by atoms with Gasteiger partial charge in [-0.2, -0.15) is 0 Å². The van der Waals surface area contributed by atoms with Crippen molar-refractivity contribution in [1.82, 2.24) is 15.5 Å². The van der Waals surface area contributed by atoms with E-state index in [0.717, 1.165) is 31.2 Å². The van der Waals surface area contributed by atoms with Crippen molar-refractivity contribution >= 4 is 30.7 Å². The van der Waals surface area contributed by atoms with E-state index in [-0.39, 0.29) is 42.8 Å². The molecule has 3 N–H and O–H groups in total. The number of rotatable bonds is 3. The molecule has 6 nitrogen and oxygen atoms in total. The number of nitrogens with zero attached hydrogens (tertiary/aromatic N) is 2. The van der Waals surface area contributed by atoms with Gasteiger partial charge in [0, 0.05) is 36.1 Å². The van der Waals surface area contributed by atoms with Crippen LogP contribution in [0.15, 0.2) is 35.1 Å². The number of pyridine rings is 1. The second-order valence-electron chi connectivity index (χ2n) is 6.99. The second-order valence-corrected chi connectivity index (χ2v) is 6.99. The van der Waals surface area contributed by atoms with Crippen LogP contribution in [0.25, 0.3) is 11.3 Å². The van der Waals surface area contributed by atoms with E-state index >= 15 is 0 Å². The Bertz CT molecular complexity index is 711. The third-order valence-electron chi connectivity index (χ3n) is 5.38. The Labute approximate surface area is 165 Å². The van der Waals surface area contributed by atoms with Crippen LogP contribution in [0.2, 0.25) is 0 Å². The summed E-state index contributed by atoms with van der Waals surface area (Å²) in [4.78, 5) is 16.6. The fourth-order valence-corrected chi connectivity index (χ4v) is 4.28. The first-order chi connectivity index (χ1) is 11.7. The maximum atomic E-state index is 12.6. The van der Waals surface area contributed by atoms with Crippen molar-refractivity contribution in [2.75, 3.05) is 0 Å². The quantitative estimate of drug-likeness (QED) is 0.827. The lowest BCUT2D eigenvalue weighted by atomic mass is 9.67. The Morgan fingerprint density at radius 2 is 1.81 bits per heavy atom. The zero-order valence-corrected chi connectivity index (χ0v) is 16.0. The van der Waals surface area contributed by atoms with Gasteiger partial charge in [0.15, 0.2) is 11.5 Å². The predicted octanol–water partition coefficient (Wildman–Crippen LogP) is 3.22. The molecular weight excluding hydrogens is 375 g/mol. The van der Waals surface area contributed by atoms with Crippen LogP contribution < -0.4 is 11.1 Å². The molecule has 142 valence electrons. The smallest absolute Gasteiger partial charge is 0.273 e. The van der Waals surface area contributed by atoms with Gasteiger partial charge >= 0.3 is 0 Å². The average molecular weight is 399 g/mol. The number of carbonyl (C=O) groups is 1. The number of hydrogen-bond donors (Lipinski definition) is 2. The summed E-state index contributed by atoms with van der Waals surface area (Å²) >= 11 is 0. The minimum atomic E-state index is -0.156. The standard InChI is InChI=1S/C18H22N4O2.2ClH/c19-14-8-12-2-1-3-13(9-14)17(12)21-18(23)15-10-16(24-22-15)11-4-6-20-7-5-11;;/h4-7,10,12-14,17H,1-3,8-9,19H2,(H,21,23);2*1H. The van der Waals surface area contributed by atoms with E-state index in [2.05, 4.69) is 15.5 Å². The monoisotopic (exact) mass is 398 g/mol. The van der Waals surface area contributed by atoms with E-state index in [1.165, 1.54) is 6.42 Å². The molecule has 2 unspecified atom stereocenters. The number of fused-ring (bicyclic) bond motifs is 2. The zero-order valence-electron chi connectivity index (χ0n) is 14.3. The normalized spacial score (nSPS) is 27.0. The Morgan fingerprint density at radius 1 is 1.15 bits per heavy atom. The van der Waals surface area contributed by atoms with Gasteiger partial charge in [0.1, 0.15) is 0 Å². The van der Waals surface area contributed by atoms with Gasteiger partial charge in [-0.3, -0.25) is 9.78 Å². The first-order valence-corrected chi connectivity index (χ1v) is 8.64. The molecule has 0 spiro atoms. The summed E-state index contributed by atoms with van der Waals surface area (Å²) in [6, 6.07) is 5.84. The molecule has 2 aromatic heterocycles. The molecule has 2 saturated carbocycles. The molecule has 2 heterocycles. The van der Waals surface area contributed by atoms with Gasteiger partial charge in [0.05, 0.1) is 0 Å². The molecular formula is C18H24Cl2N4O2. The Balaban J connectivity index is 0.00000121. The van der Waals surface area contributed by atoms with E-state index in [9.17, 15) is 4.79 Å². The molecule has 0 aromatic carbocycles. The zero-order chi connectivity index (χ0) is 16.5. The average Bonchev–Trinajstić information content (AvgIpc) is 3.07. The number of amides is 1. The summed E-state index contributed by atoms with van der Waals surface area (Å²) in [5, 5.41) is 7.13. The Hall–Kier alpha value is -1.63. The second kappa shape index (κ2) is 8.84. The SMILES string of the molecule is Cl.Cl.NC1CC2CCCC(C1)C2NC(=O)c1cc(-c2ccncc2)on1. The lowest BCUT2D eigenvalue weighted by Gasteiger charge is -2.45. The van der Waals surface area contributed by atoms with Crippen LogP contribution in [0.5, 0.6) is 0 Å². The van der Waals surface area contributed by atoms with Crippen LogP contribution in [0.4, 0.5) is 0 Å². The lowest BCUT2D eigenvalue weighted by Crippen LogP contribution is -2.53. The Morgan fingerprint density at radius 3 is 2.46 bits per heavy atom. The van der Waals surface area contributed by atoms with Crippen molar-refractivity contribution < 1.29 is 9.32 Å². The molecule has 8 heteroatoms. The number of nitrogens with one attached hydrogen (secondary N) is 1. The van der Waals surface area contributed by atoms with Crippen molar-refractivity contribution in [1.29, 1.82) is 0 Å². The van der Waals surface area contributed by atoms with Gasteiger partial charge < -0.3 is 15.6 Å². The van der Waals surface area contributed by atoms with Crippen LogP contribution in [0.1, 0.15) is 42.6 Å². The van der Waals surface area contributed by atoms with Gasteiger partial charge in [-0.05, 0) is 49.7 Å². The summed E-state index contributed by atoms with van der Waals surface area (Å²) < 4.78 is 5.31. The van der Waals surface area contributed by atoms with E-state index < -0.39 is 0 Å². The van der Waals surface area contributed by atoms with Crippen molar-refractivity contribution in [2.45, 2.75) is 44.2 Å². The minimum absolute atomic E-state index is 0. The molecule has 0 aliphatic heterocycles. The molecule has 0 radical (unpaired) electrons. The summed E-state index contributed by atoms with van der Waals surface area (Å²) in [5.74, 6) is 1.40. The van der Waals surface area contributed by atoms with E-state index in [1.807, 2.05) is 12.1 Å². The molecule has 2 fully saturated rings. The Kier molecular flexibility index (Phi) is 7.03.